The lowest BCUT2D eigenvalue weighted by molar-refractivity contribution is -0.117. The molecular weight excluding hydrogens is 456 g/mol. The van der Waals surface area contributed by atoms with Crippen LogP contribution in [0.2, 0.25) is 5.02 Å². The van der Waals surface area contributed by atoms with E-state index in [0.29, 0.717) is 29.6 Å². The molecule has 1 aliphatic carbocycles. The molecule has 2 aromatic rings. The average molecular weight is 483 g/mol. The Morgan fingerprint density at radius 2 is 2.06 bits per heavy atom. The fraction of sp³-hybridized carbons (Fsp3) is 0.524. The van der Waals surface area contributed by atoms with E-state index in [4.69, 9.17) is 11.6 Å². The van der Waals surface area contributed by atoms with E-state index in [2.05, 4.69) is 20.3 Å². The van der Waals surface area contributed by atoms with E-state index >= 15 is 0 Å². The van der Waals surface area contributed by atoms with Crippen molar-refractivity contribution in [3.8, 4) is 10.4 Å². The van der Waals surface area contributed by atoms with Gasteiger partial charge >= 0.3 is 0 Å². The number of nitrogens with zero attached hydrogens (tertiary/aromatic N) is 1. The Morgan fingerprint density at radius 1 is 1.29 bits per heavy atom. The first-order valence-corrected chi connectivity index (χ1v) is 13.3. The van der Waals surface area contributed by atoms with Gasteiger partial charge < -0.3 is 10.6 Å². The fourth-order valence-electron chi connectivity index (χ4n) is 4.25. The van der Waals surface area contributed by atoms with E-state index in [1.165, 1.54) is 24.2 Å². The van der Waals surface area contributed by atoms with Gasteiger partial charge in [0.2, 0.25) is 15.9 Å². The first kappa shape index (κ1) is 22.7. The molecule has 0 radical (unpaired) electrons. The molecule has 0 unspecified atom stereocenters. The molecule has 1 saturated heterocycles. The normalized spacial score (nSPS) is 19.7. The molecule has 0 spiro atoms. The van der Waals surface area contributed by atoms with E-state index in [0.717, 1.165) is 36.4 Å². The average Bonchev–Trinajstić information content (AvgIpc) is 3.45. The number of carbonyl (C=O) groups is 1. The SMILES string of the molecule is Cc1nc(NC(=O)CC2CCCC2)sc1-c1ccc(Cl)c(S(=O)(=O)N[C@H]2CCNC2)c1. The van der Waals surface area contributed by atoms with Crippen LogP contribution in [0, 0.1) is 12.8 Å². The van der Waals surface area contributed by atoms with Gasteiger partial charge in [-0.25, -0.2) is 18.1 Å². The van der Waals surface area contributed by atoms with Crippen molar-refractivity contribution in [3.05, 3.63) is 28.9 Å². The minimum absolute atomic E-state index is 0.0130. The predicted octanol–water partition coefficient (Wildman–Crippen LogP) is 3.93. The second kappa shape index (κ2) is 9.54. The lowest BCUT2D eigenvalue weighted by atomic mass is 10.0. The van der Waals surface area contributed by atoms with Crippen LogP contribution >= 0.6 is 22.9 Å². The summed E-state index contributed by atoms with van der Waals surface area (Å²) in [6.07, 6.45) is 5.90. The molecule has 1 aromatic heterocycles. The lowest BCUT2D eigenvalue weighted by Gasteiger charge is -2.14. The molecule has 1 amide bonds. The third-order valence-corrected chi connectivity index (χ3v) is 8.98. The minimum Gasteiger partial charge on any atom is -0.315 e. The summed E-state index contributed by atoms with van der Waals surface area (Å²) in [6.45, 7) is 3.24. The van der Waals surface area contributed by atoms with E-state index in [-0.39, 0.29) is 21.9 Å². The van der Waals surface area contributed by atoms with Crippen LogP contribution in [-0.2, 0) is 14.8 Å². The van der Waals surface area contributed by atoms with E-state index in [9.17, 15) is 13.2 Å². The number of hydrogen-bond donors (Lipinski definition) is 3. The molecule has 3 N–H and O–H groups in total. The fourth-order valence-corrected chi connectivity index (χ4v) is 7.03. The van der Waals surface area contributed by atoms with Crippen LogP contribution in [0.5, 0.6) is 0 Å². The van der Waals surface area contributed by atoms with Crippen molar-refractivity contribution in [3.63, 3.8) is 0 Å². The van der Waals surface area contributed by atoms with Crippen molar-refractivity contribution < 1.29 is 13.2 Å². The number of anilines is 1. The maximum atomic E-state index is 12.9. The molecular formula is C21H27ClN4O3S2. The number of aromatic nitrogens is 1. The van der Waals surface area contributed by atoms with Crippen molar-refractivity contribution in [2.45, 2.75) is 56.4 Å². The summed E-state index contributed by atoms with van der Waals surface area (Å²) >= 11 is 7.59. The predicted molar refractivity (Wildman–Crippen MR) is 124 cm³/mol. The van der Waals surface area contributed by atoms with Crippen LogP contribution in [0.15, 0.2) is 23.1 Å². The summed E-state index contributed by atoms with van der Waals surface area (Å²) < 4.78 is 28.5. The maximum Gasteiger partial charge on any atom is 0.242 e. The molecule has 31 heavy (non-hydrogen) atoms. The second-order valence-electron chi connectivity index (χ2n) is 8.29. The van der Waals surface area contributed by atoms with Gasteiger partial charge in [0, 0.05) is 19.0 Å². The molecule has 2 heterocycles. The zero-order valence-electron chi connectivity index (χ0n) is 17.4. The molecule has 168 valence electrons. The number of halogens is 1. The van der Waals surface area contributed by atoms with Crippen LogP contribution in [0.1, 0.15) is 44.2 Å². The first-order chi connectivity index (χ1) is 14.8. The van der Waals surface area contributed by atoms with Crippen molar-refractivity contribution in [2.75, 3.05) is 18.4 Å². The number of nitrogens with one attached hydrogen (secondary N) is 3. The Kier molecular flexibility index (Phi) is 6.98. The van der Waals surface area contributed by atoms with Crippen LogP contribution in [-0.4, -0.2) is 38.4 Å². The Morgan fingerprint density at radius 3 is 2.77 bits per heavy atom. The quantitative estimate of drug-likeness (QED) is 0.555. The van der Waals surface area contributed by atoms with E-state index in [1.807, 2.05) is 6.92 Å². The number of sulfonamides is 1. The summed E-state index contributed by atoms with van der Waals surface area (Å²) in [5.41, 5.74) is 1.44. The van der Waals surface area contributed by atoms with Crippen molar-refractivity contribution >= 4 is 44.0 Å². The molecule has 1 aromatic carbocycles. The number of carbonyl (C=O) groups excluding carboxylic acids is 1. The smallest absolute Gasteiger partial charge is 0.242 e. The van der Waals surface area contributed by atoms with Crippen LogP contribution in [0.3, 0.4) is 0 Å². The van der Waals surface area contributed by atoms with E-state index < -0.39 is 10.0 Å². The first-order valence-electron chi connectivity index (χ1n) is 10.6. The summed E-state index contributed by atoms with van der Waals surface area (Å²) in [4.78, 5) is 17.7. The molecule has 1 saturated carbocycles. The van der Waals surface area contributed by atoms with Crippen LogP contribution in [0.4, 0.5) is 5.13 Å². The summed E-state index contributed by atoms with van der Waals surface area (Å²) in [5.74, 6) is 0.452. The summed E-state index contributed by atoms with van der Waals surface area (Å²) in [7, 11) is -3.75. The number of thiazole rings is 1. The van der Waals surface area contributed by atoms with Gasteiger partial charge in [0.25, 0.3) is 0 Å². The Bertz CT molecular complexity index is 1060. The summed E-state index contributed by atoms with van der Waals surface area (Å²) in [5, 5.41) is 6.76. The monoisotopic (exact) mass is 482 g/mol. The summed E-state index contributed by atoms with van der Waals surface area (Å²) in [6, 6.07) is 4.81. The number of rotatable bonds is 7. The van der Waals surface area contributed by atoms with Crippen LogP contribution < -0.4 is 15.4 Å². The Balaban J connectivity index is 1.53. The van der Waals surface area contributed by atoms with E-state index in [1.54, 1.807) is 18.2 Å². The molecule has 10 heteroatoms. The van der Waals surface area contributed by atoms with Gasteiger partial charge in [0.1, 0.15) is 4.90 Å². The van der Waals surface area contributed by atoms with Gasteiger partial charge in [-0.15, -0.1) is 0 Å². The Labute approximate surface area is 192 Å². The van der Waals surface area contributed by atoms with Gasteiger partial charge in [-0.2, -0.15) is 0 Å². The lowest BCUT2D eigenvalue weighted by Crippen LogP contribution is -2.36. The Hall–Kier alpha value is -1.52. The highest BCUT2D eigenvalue weighted by Crippen LogP contribution is 2.36. The molecule has 4 rings (SSSR count). The molecule has 7 nitrogen and oxygen atoms in total. The molecule has 2 fully saturated rings. The zero-order valence-corrected chi connectivity index (χ0v) is 19.8. The highest BCUT2D eigenvalue weighted by Gasteiger charge is 2.26. The zero-order chi connectivity index (χ0) is 22.0. The maximum absolute atomic E-state index is 12.9. The topological polar surface area (TPSA) is 100 Å². The van der Waals surface area contributed by atoms with Gasteiger partial charge in [-0.3, -0.25) is 4.79 Å². The number of benzene rings is 1. The third kappa shape index (κ3) is 5.46. The standard InChI is InChI=1S/C21H27ClN4O3S2/c1-13-20(30-21(24-13)25-19(27)10-14-4-2-3-5-14)15-6-7-17(22)18(11-15)31(28,29)26-16-8-9-23-12-16/h6-7,11,14,16,23,26H,2-5,8-10,12H2,1H3,(H,24,25,27)/t16-/m0/s1. The molecule has 1 aliphatic heterocycles. The van der Waals surface area contributed by atoms with Crippen LogP contribution in [0.25, 0.3) is 10.4 Å². The minimum atomic E-state index is -3.75. The van der Waals surface area contributed by atoms with Crippen molar-refractivity contribution in [1.29, 1.82) is 0 Å². The second-order valence-corrected chi connectivity index (χ2v) is 11.4. The number of aryl methyl sites for hydroxylation is 1. The molecule has 0 bridgehead atoms. The molecule has 1 atom stereocenters. The van der Waals surface area contributed by atoms with Crippen molar-refractivity contribution in [1.82, 2.24) is 15.0 Å². The molecule has 2 aliphatic rings. The highest BCUT2D eigenvalue weighted by atomic mass is 35.5. The van der Waals surface area contributed by atoms with Gasteiger partial charge in [-0.1, -0.05) is 41.8 Å². The largest absolute Gasteiger partial charge is 0.315 e. The highest BCUT2D eigenvalue weighted by molar-refractivity contribution is 7.89. The third-order valence-electron chi connectivity index (χ3n) is 5.86. The number of hydrogen-bond acceptors (Lipinski definition) is 6. The van der Waals surface area contributed by atoms with Gasteiger partial charge in [-0.05, 0) is 56.3 Å². The van der Waals surface area contributed by atoms with Gasteiger partial charge in [0.05, 0.1) is 15.6 Å². The van der Waals surface area contributed by atoms with Gasteiger partial charge in [0.15, 0.2) is 5.13 Å². The number of amides is 1. The van der Waals surface area contributed by atoms with Crippen molar-refractivity contribution in [2.24, 2.45) is 5.92 Å².